The van der Waals surface area contributed by atoms with Crippen LogP contribution in [0.4, 0.5) is 0 Å². The van der Waals surface area contributed by atoms with Gasteiger partial charge in [0.2, 0.25) is 0 Å². The Labute approximate surface area is 146 Å². The van der Waals surface area contributed by atoms with Crippen molar-refractivity contribution in [1.82, 2.24) is 4.90 Å². The van der Waals surface area contributed by atoms with Crippen molar-refractivity contribution < 1.29 is 4.74 Å². The van der Waals surface area contributed by atoms with Gasteiger partial charge in [0.25, 0.3) is 0 Å². The molecular weight excluding hydrogens is 294 g/mol. The van der Waals surface area contributed by atoms with Gasteiger partial charge in [-0.3, -0.25) is 4.90 Å². The molecule has 2 aromatic rings. The fourth-order valence-electron chi connectivity index (χ4n) is 2.43. The van der Waals surface area contributed by atoms with Crippen molar-refractivity contribution >= 4 is 0 Å². The Bertz CT molecular complexity index is 677. The van der Waals surface area contributed by atoms with Crippen LogP contribution >= 0.6 is 0 Å². The summed E-state index contributed by atoms with van der Waals surface area (Å²) in [4.78, 5) is 2.28. The Balaban J connectivity index is 1.85. The van der Waals surface area contributed by atoms with E-state index in [4.69, 9.17) is 4.74 Å². The molecule has 2 rings (SSSR count). The molecule has 126 valence electrons. The fraction of sp³-hybridized carbons (Fsp3) is 0.364. The normalized spacial score (nSPS) is 11.7. The summed E-state index contributed by atoms with van der Waals surface area (Å²) in [6.45, 7) is 7.63. The molecule has 0 unspecified atom stereocenters. The van der Waals surface area contributed by atoms with Crippen LogP contribution in [0.1, 0.15) is 30.5 Å². The van der Waals surface area contributed by atoms with Crippen LogP contribution in [0.15, 0.2) is 48.5 Å². The van der Waals surface area contributed by atoms with E-state index in [0.29, 0.717) is 12.6 Å². The SMILES string of the molecule is CC#CCN(C)[C@H](C)Cc1ccc(OCc2ccc(C)cc2)cc1. The zero-order valence-corrected chi connectivity index (χ0v) is 15.2. The average Bonchev–Trinajstić information content (AvgIpc) is 2.60. The highest BCUT2D eigenvalue weighted by molar-refractivity contribution is 5.28. The molecule has 0 aliphatic heterocycles. The van der Waals surface area contributed by atoms with Gasteiger partial charge < -0.3 is 4.74 Å². The predicted molar refractivity (Wildman–Crippen MR) is 101 cm³/mol. The molecule has 0 saturated heterocycles. The van der Waals surface area contributed by atoms with E-state index in [9.17, 15) is 0 Å². The first-order valence-corrected chi connectivity index (χ1v) is 8.45. The minimum atomic E-state index is 0.463. The van der Waals surface area contributed by atoms with Crippen molar-refractivity contribution in [1.29, 1.82) is 0 Å². The van der Waals surface area contributed by atoms with Gasteiger partial charge in [0.15, 0.2) is 0 Å². The van der Waals surface area contributed by atoms with Crippen molar-refractivity contribution in [2.45, 2.75) is 39.8 Å². The minimum Gasteiger partial charge on any atom is -0.489 e. The first-order valence-electron chi connectivity index (χ1n) is 8.45. The molecule has 0 radical (unpaired) electrons. The van der Waals surface area contributed by atoms with Crippen LogP contribution in [0.2, 0.25) is 0 Å². The molecule has 0 N–H and O–H groups in total. The second-order valence-electron chi connectivity index (χ2n) is 6.31. The van der Waals surface area contributed by atoms with Crippen molar-refractivity contribution in [3.8, 4) is 17.6 Å². The maximum Gasteiger partial charge on any atom is 0.119 e. The van der Waals surface area contributed by atoms with Gasteiger partial charge >= 0.3 is 0 Å². The quantitative estimate of drug-likeness (QED) is 0.698. The van der Waals surface area contributed by atoms with Gasteiger partial charge in [-0.2, -0.15) is 0 Å². The third-order valence-corrected chi connectivity index (χ3v) is 4.24. The van der Waals surface area contributed by atoms with Gasteiger partial charge in [0, 0.05) is 6.04 Å². The van der Waals surface area contributed by atoms with Gasteiger partial charge in [0.05, 0.1) is 6.54 Å². The van der Waals surface area contributed by atoms with Gasteiger partial charge in [-0.05, 0) is 57.5 Å². The summed E-state index contributed by atoms with van der Waals surface area (Å²) in [5.74, 6) is 6.98. The Morgan fingerprint density at radius 1 is 1.00 bits per heavy atom. The highest BCUT2D eigenvalue weighted by Crippen LogP contribution is 2.16. The third-order valence-electron chi connectivity index (χ3n) is 4.24. The molecule has 0 bridgehead atoms. The van der Waals surface area contributed by atoms with E-state index in [2.05, 4.69) is 86.2 Å². The summed E-state index contributed by atoms with van der Waals surface area (Å²) in [5, 5.41) is 0. The number of likely N-dealkylation sites (N-methyl/N-ethyl adjacent to an activating group) is 1. The van der Waals surface area contributed by atoms with E-state index in [1.807, 2.05) is 6.92 Å². The highest BCUT2D eigenvalue weighted by Gasteiger charge is 2.09. The number of hydrogen-bond donors (Lipinski definition) is 0. The molecule has 0 saturated carbocycles. The zero-order chi connectivity index (χ0) is 17.4. The third kappa shape index (κ3) is 5.76. The largest absolute Gasteiger partial charge is 0.489 e. The molecule has 0 amide bonds. The van der Waals surface area contributed by atoms with E-state index in [-0.39, 0.29) is 0 Å². The van der Waals surface area contributed by atoms with Crippen LogP contribution in [0, 0.1) is 18.8 Å². The minimum absolute atomic E-state index is 0.463. The van der Waals surface area contributed by atoms with Gasteiger partial charge in [-0.15, -0.1) is 5.92 Å². The topological polar surface area (TPSA) is 12.5 Å². The van der Waals surface area contributed by atoms with Gasteiger partial charge in [-0.25, -0.2) is 0 Å². The Hall–Kier alpha value is -2.24. The first kappa shape index (κ1) is 18.1. The van der Waals surface area contributed by atoms with E-state index in [0.717, 1.165) is 18.7 Å². The Morgan fingerprint density at radius 3 is 2.25 bits per heavy atom. The second-order valence-corrected chi connectivity index (χ2v) is 6.31. The molecule has 0 heterocycles. The van der Waals surface area contributed by atoms with E-state index >= 15 is 0 Å². The van der Waals surface area contributed by atoms with Crippen LogP contribution in [-0.2, 0) is 13.0 Å². The van der Waals surface area contributed by atoms with Crippen LogP contribution in [0.5, 0.6) is 5.75 Å². The number of hydrogen-bond acceptors (Lipinski definition) is 2. The lowest BCUT2D eigenvalue weighted by Gasteiger charge is -2.22. The lowest BCUT2D eigenvalue weighted by atomic mass is 10.1. The van der Waals surface area contributed by atoms with Crippen LogP contribution in [0.3, 0.4) is 0 Å². The summed E-state index contributed by atoms with van der Waals surface area (Å²) in [6, 6.07) is 17.3. The molecular formula is C22H27NO. The van der Waals surface area contributed by atoms with Crippen molar-refractivity contribution in [3.05, 3.63) is 65.2 Å². The van der Waals surface area contributed by atoms with E-state index < -0.39 is 0 Å². The van der Waals surface area contributed by atoms with E-state index in [1.165, 1.54) is 16.7 Å². The number of nitrogens with zero attached hydrogens (tertiary/aromatic N) is 1. The molecule has 2 heteroatoms. The van der Waals surface area contributed by atoms with Crippen LogP contribution in [0.25, 0.3) is 0 Å². The molecule has 1 atom stereocenters. The first-order chi connectivity index (χ1) is 11.6. The standard InChI is InChI=1S/C22H27NO/c1-5-6-15-23(4)19(3)16-20-11-13-22(14-12-20)24-17-21-9-7-18(2)8-10-21/h7-14,19H,15-17H2,1-4H3/t19-/m1/s1. The second kappa shape index (κ2) is 9.15. The van der Waals surface area contributed by atoms with Gasteiger partial charge in [-0.1, -0.05) is 47.9 Å². The molecule has 0 fully saturated rings. The molecule has 0 aromatic heterocycles. The van der Waals surface area contributed by atoms with Gasteiger partial charge in [0.1, 0.15) is 12.4 Å². The lowest BCUT2D eigenvalue weighted by Crippen LogP contribution is -2.31. The average molecular weight is 321 g/mol. The predicted octanol–water partition coefficient (Wildman–Crippen LogP) is 4.46. The van der Waals surface area contributed by atoms with Crippen molar-refractivity contribution in [2.24, 2.45) is 0 Å². The summed E-state index contributed by atoms with van der Waals surface area (Å²) < 4.78 is 5.86. The van der Waals surface area contributed by atoms with Crippen molar-refractivity contribution in [3.63, 3.8) is 0 Å². The van der Waals surface area contributed by atoms with Crippen LogP contribution in [-0.4, -0.2) is 24.5 Å². The number of rotatable bonds is 7. The maximum absolute atomic E-state index is 5.86. The molecule has 2 nitrogen and oxygen atoms in total. The molecule has 0 aliphatic rings. The summed E-state index contributed by atoms with van der Waals surface area (Å²) in [5.41, 5.74) is 3.78. The summed E-state index contributed by atoms with van der Waals surface area (Å²) in [7, 11) is 2.12. The molecule has 0 spiro atoms. The molecule has 2 aromatic carbocycles. The number of benzene rings is 2. The molecule has 0 aliphatic carbocycles. The highest BCUT2D eigenvalue weighted by atomic mass is 16.5. The van der Waals surface area contributed by atoms with E-state index in [1.54, 1.807) is 0 Å². The zero-order valence-electron chi connectivity index (χ0n) is 15.2. The fourth-order valence-corrected chi connectivity index (χ4v) is 2.43. The monoisotopic (exact) mass is 321 g/mol. The maximum atomic E-state index is 5.86. The van der Waals surface area contributed by atoms with Crippen molar-refractivity contribution in [2.75, 3.05) is 13.6 Å². The smallest absolute Gasteiger partial charge is 0.119 e. The lowest BCUT2D eigenvalue weighted by molar-refractivity contribution is 0.286. The summed E-state index contributed by atoms with van der Waals surface area (Å²) >= 11 is 0. The van der Waals surface area contributed by atoms with Crippen LogP contribution < -0.4 is 4.74 Å². The number of ether oxygens (including phenoxy) is 1. The Kier molecular flexibility index (Phi) is 6.90. The summed E-state index contributed by atoms with van der Waals surface area (Å²) in [6.07, 6.45) is 1.01. The molecule has 24 heavy (non-hydrogen) atoms. The Morgan fingerprint density at radius 2 is 1.62 bits per heavy atom. The number of aryl methyl sites for hydroxylation is 1.